The Bertz CT molecular complexity index is 534. The van der Waals surface area contributed by atoms with Gasteiger partial charge in [-0.05, 0) is 39.1 Å². The fourth-order valence-corrected chi connectivity index (χ4v) is 1.39. The van der Waals surface area contributed by atoms with Crippen molar-refractivity contribution in [1.29, 1.82) is 0 Å². The van der Waals surface area contributed by atoms with E-state index in [1.165, 1.54) is 18.2 Å². The summed E-state index contributed by atoms with van der Waals surface area (Å²) in [4.78, 5) is 34.4. The summed E-state index contributed by atoms with van der Waals surface area (Å²) in [6, 6.07) is 4.06. The van der Waals surface area contributed by atoms with Crippen LogP contribution in [0, 0.1) is 0 Å². The van der Waals surface area contributed by atoms with E-state index in [0.717, 1.165) is 0 Å². The maximum absolute atomic E-state index is 12.0. The maximum Gasteiger partial charge on any atom is 0.248 e. The van der Waals surface area contributed by atoms with Gasteiger partial charge in [0.25, 0.3) is 0 Å². The van der Waals surface area contributed by atoms with Crippen molar-refractivity contribution in [1.82, 2.24) is 5.32 Å². The Labute approximate surface area is 116 Å². The van der Waals surface area contributed by atoms with Crippen LogP contribution >= 0.6 is 0 Å². The molecule has 20 heavy (non-hydrogen) atoms. The highest BCUT2D eigenvalue weighted by Crippen LogP contribution is 2.16. The molecule has 7 heteroatoms. The van der Waals surface area contributed by atoms with E-state index in [9.17, 15) is 14.4 Å². The Hall–Kier alpha value is -2.41. The number of rotatable bonds is 5. The topological polar surface area (TPSA) is 127 Å². The first-order valence-corrected chi connectivity index (χ1v) is 5.92. The summed E-state index contributed by atoms with van der Waals surface area (Å²) in [7, 11) is 1.65. The zero-order valence-electron chi connectivity index (χ0n) is 11.6. The molecule has 0 fully saturated rings. The summed E-state index contributed by atoms with van der Waals surface area (Å²) in [5.41, 5.74) is 10.0. The molecule has 0 saturated carbocycles. The molecule has 0 aliphatic heterocycles. The Morgan fingerprint density at radius 2 is 1.45 bits per heavy atom. The number of hydrogen-bond donors (Lipinski definition) is 4. The van der Waals surface area contributed by atoms with Gasteiger partial charge in [-0.2, -0.15) is 0 Å². The zero-order chi connectivity index (χ0) is 15.5. The number of anilines is 1. The van der Waals surface area contributed by atoms with Crippen LogP contribution in [-0.2, 0) is 4.79 Å². The number of nitrogens with one attached hydrogen (secondary N) is 2. The molecule has 0 aliphatic rings. The molecule has 3 amide bonds. The Morgan fingerprint density at radius 1 is 1.00 bits per heavy atom. The second kappa shape index (κ2) is 5.70. The molecule has 108 valence electrons. The molecule has 0 radical (unpaired) electrons. The van der Waals surface area contributed by atoms with E-state index in [0.29, 0.717) is 0 Å². The first kappa shape index (κ1) is 15.6. The number of likely N-dealkylation sites (N-methyl/N-ethyl adjacent to an activating group) is 1. The minimum Gasteiger partial charge on any atom is -0.366 e. The molecule has 0 aromatic heterocycles. The van der Waals surface area contributed by atoms with Gasteiger partial charge in [-0.1, -0.05) is 0 Å². The van der Waals surface area contributed by atoms with Crippen LogP contribution in [0.2, 0.25) is 0 Å². The Kier molecular flexibility index (Phi) is 4.46. The van der Waals surface area contributed by atoms with Crippen molar-refractivity contribution < 1.29 is 14.4 Å². The van der Waals surface area contributed by atoms with Gasteiger partial charge in [0, 0.05) is 16.8 Å². The average molecular weight is 278 g/mol. The van der Waals surface area contributed by atoms with Crippen LogP contribution in [0.25, 0.3) is 0 Å². The third-order valence-electron chi connectivity index (χ3n) is 2.95. The van der Waals surface area contributed by atoms with Gasteiger partial charge in [-0.25, -0.2) is 0 Å². The standard InChI is InChI=1S/C13H18N4O3/c1-13(2,16-3)12(20)17-9-5-7(10(14)18)4-8(6-9)11(15)19/h4-6,16H,1-3H3,(H2,14,18)(H2,15,19)(H,17,20). The van der Waals surface area contributed by atoms with E-state index in [1.54, 1.807) is 20.9 Å². The van der Waals surface area contributed by atoms with Crippen LogP contribution in [0.15, 0.2) is 18.2 Å². The van der Waals surface area contributed by atoms with Crippen LogP contribution < -0.4 is 22.1 Å². The first-order valence-electron chi connectivity index (χ1n) is 5.92. The van der Waals surface area contributed by atoms with Gasteiger partial charge in [0.05, 0.1) is 5.54 Å². The SMILES string of the molecule is CNC(C)(C)C(=O)Nc1cc(C(N)=O)cc(C(N)=O)c1. The summed E-state index contributed by atoms with van der Waals surface area (Å²) in [5, 5.41) is 5.45. The van der Waals surface area contributed by atoms with Crippen molar-refractivity contribution in [2.24, 2.45) is 11.5 Å². The lowest BCUT2D eigenvalue weighted by atomic mass is 10.0. The van der Waals surface area contributed by atoms with Crippen LogP contribution in [0.1, 0.15) is 34.6 Å². The van der Waals surface area contributed by atoms with E-state index in [4.69, 9.17) is 11.5 Å². The van der Waals surface area contributed by atoms with Crippen LogP contribution in [0.3, 0.4) is 0 Å². The van der Waals surface area contributed by atoms with Crippen molar-refractivity contribution in [2.45, 2.75) is 19.4 Å². The molecule has 0 bridgehead atoms. The van der Waals surface area contributed by atoms with Gasteiger partial charge < -0.3 is 22.1 Å². The van der Waals surface area contributed by atoms with Gasteiger partial charge in [-0.15, -0.1) is 0 Å². The third-order valence-corrected chi connectivity index (χ3v) is 2.95. The van der Waals surface area contributed by atoms with E-state index >= 15 is 0 Å². The number of benzene rings is 1. The molecule has 0 spiro atoms. The van der Waals surface area contributed by atoms with Crippen molar-refractivity contribution in [3.8, 4) is 0 Å². The molecule has 0 unspecified atom stereocenters. The third kappa shape index (κ3) is 3.55. The van der Waals surface area contributed by atoms with Crippen LogP contribution in [0.4, 0.5) is 5.69 Å². The van der Waals surface area contributed by atoms with Gasteiger partial charge >= 0.3 is 0 Å². The highest BCUT2D eigenvalue weighted by Gasteiger charge is 2.25. The molecule has 7 nitrogen and oxygen atoms in total. The predicted molar refractivity (Wildman–Crippen MR) is 75.2 cm³/mol. The lowest BCUT2D eigenvalue weighted by Gasteiger charge is -2.23. The number of amides is 3. The van der Waals surface area contributed by atoms with Crippen molar-refractivity contribution in [3.63, 3.8) is 0 Å². The zero-order valence-corrected chi connectivity index (χ0v) is 11.6. The lowest BCUT2D eigenvalue weighted by Crippen LogP contribution is -2.47. The highest BCUT2D eigenvalue weighted by atomic mass is 16.2. The van der Waals surface area contributed by atoms with Gasteiger partial charge in [0.2, 0.25) is 17.7 Å². The van der Waals surface area contributed by atoms with E-state index < -0.39 is 17.4 Å². The molecule has 1 rings (SSSR count). The van der Waals surface area contributed by atoms with Gasteiger partial charge in [0.1, 0.15) is 0 Å². The fraction of sp³-hybridized carbons (Fsp3) is 0.308. The normalized spacial score (nSPS) is 10.9. The largest absolute Gasteiger partial charge is 0.366 e. The fourth-order valence-electron chi connectivity index (χ4n) is 1.39. The molecule has 6 N–H and O–H groups in total. The summed E-state index contributed by atoms with van der Waals surface area (Å²) in [6.07, 6.45) is 0. The maximum atomic E-state index is 12.0. The molecule has 0 saturated heterocycles. The number of primary amides is 2. The molecule has 0 aliphatic carbocycles. The average Bonchev–Trinajstić information content (AvgIpc) is 2.38. The Morgan fingerprint density at radius 3 is 1.80 bits per heavy atom. The molecule has 0 atom stereocenters. The van der Waals surface area contributed by atoms with Crippen molar-refractivity contribution in [2.75, 3.05) is 12.4 Å². The second-order valence-corrected chi connectivity index (χ2v) is 4.86. The van der Waals surface area contributed by atoms with Crippen LogP contribution in [-0.4, -0.2) is 30.3 Å². The Balaban J connectivity index is 3.15. The number of hydrogen-bond acceptors (Lipinski definition) is 4. The quantitative estimate of drug-likeness (QED) is 0.595. The summed E-state index contributed by atoms with van der Waals surface area (Å²) >= 11 is 0. The van der Waals surface area contributed by atoms with E-state index in [2.05, 4.69) is 10.6 Å². The lowest BCUT2D eigenvalue weighted by molar-refractivity contribution is -0.121. The van der Waals surface area contributed by atoms with E-state index in [1.807, 2.05) is 0 Å². The number of nitrogens with two attached hydrogens (primary N) is 2. The number of carbonyl (C=O) groups excluding carboxylic acids is 3. The predicted octanol–water partition coefficient (Wildman–Crippen LogP) is -0.179. The summed E-state index contributed by atoms with van der Waals surface area (Å²) < 4.78 is 0. The molecule has 1 aromatic carbocycles. The minimum absolute atomic E-state index is 0.0962. The summed E-state index contributed by atoms with van der Waals surface area (Å²) in [5.74, 6) is -1.75. The molecular weight excluding hydrogens is 260 g/mol. The van der Waals surface area contributed by atoms with Crippen LogP contribution in [0.5, 0.6) is 0 Å². The summed E-state index contributed by atoms with van der Waals surface area (Å²) in [6.45, 7) is 3.38. The second-order valence-electron chi connectivity index (χ2n) is 4.86. The van der Waals surface area contributed by atoms with Crippen molar-refractivity contribution in [3.05, 3.63) is 29.3 Å². The minimum atomic E-state index is -0.810. The number of carbonyl (C=O) groups is 3. The van der Waals surface area contributed by atoms with Crippen molar-refractivity contribution >= 4 is 23.4 Å². The van der Waals surface area contributed by atoms with Gasteiger partial charge in [0.15, 0.2) is 0 Å². The molecular formula is C13H18N4O3. The molecule has 1 aromatic rings. The molecule has 0 heterocycles. The first-order chi connectivity index (χ1) is 9.17. The monoisotopic (exact) mass is 278 g/mol. The smallest absolute Gasteiger partial charge is 0.248 e. The van der Waals surface area contributed by atoms with Gasteiger partial charge in [-0.3, -0.25) is 14.4 Å². The highest BCUT2D eigenvalue weighted by molar-refractivity contribution is 6.03. The van der Waals surface area contributed by atoms with E-state index in [-0.39, 0.29) is 22.7 Å².